The number of nitrogens with zero attached hydrogens (tertiary/aromatic N) is 1. The van der Waals surface area contributed by atoms with Crippen LogP contribution in [0.4, 0.5) is 0 Å². The molecule has 1 unspecified atom stereocenters. The summed E-state index contributed by atoms with van der Waals surface area (Å²) in [5, 5.41) is 0. The molecule has 3 rings (SSSR count). The Morgan fingerprint density at radius 3 is 2.92 bits per heavy atom. The summed E-state index contributed by atoms with van der Waals surface area (Å²) in [7, 11) is 1.62. The van der Waals surface area contributed by atoms with Crippen LogP contribution in [0.2, 0.25) is 0 Å². The second-order valence-electron chi connectivity index (χ2n) is 6.29. The zero-order valence-corrected chi connectivity index (χ0v) is 15.1. The lowest BCUT2D eigenvalue weighted by atomic mass is 10.1. The van der Waals surface area contributed by atoms with Crippen LogP contribution in [-0.2, 0) is 22.4 Å². The standard InChI is InChI=1S/C21H23NO4/c1-15-12-18-14-19(24-2)17(13-20(18)26-15)5-6-21(23)25-11-3-4-16-7-9-22-10-8-16/h5-10,13-15H,3-4,11-12H2,1-2H3/b6-5+. The summed E-state index contributed by atoms with van der Waals surface area (Å²) in [5.74, 6) is 1.21. The lowest BCUT2D eigenvalue weighted by molar-refractivity contribution is -0.137. The first-order valence-electron chi connectivity index (χ1n) is 8.77. The summed E-state index contributed by atoms with van der Waals surface area (Å²) in [4.78, 5) is 15.9. The van der Waals surface area contributed by atoms with Crippen molar-refractivity contribution in [3.05, 3.63) is 59.4 Å². The molecule has 0 radical (unpaired) electrons. The third kappa shape index (κ3) is 4.63. The molecule has 0 spiro atoms. The summed E-state index contributed by atoms with van der Waals surface area (Å²) in [6.07, 6.45) is 9.32. The molecule has 1 aliphatic heterocycles. The fourth-order valence-electron chi connectivity index (χ4n) is 2.97. The summed E-state index contributed by atoms with van der Waals surface area (Å²) in [5.41, 5.74) is 3.11. The Kier molecular flexibility index (Phi) is 5.89. The summed E-state index contributed by atoms with van der Waals surface area (Å²) >= 11 is 0. The lowest BCUT2D eigenvalue weighted by Crippen LogP contribution is -2.05. The highest BCUT2D eigenvalue weighted by Crippen LogP contribution is 2.35. The van der Waals surface area contributed by atoms with Crippen molar-refractivity contribution >= 4 is 12.0 Å². The van der Waals surface area contributed by atoms with Gasteiger partial charge in [0, 0.05) is 36.0 Å². The number of esters is 1. The Bertz CT molecular complexity index is 786. The molecule has 0 N–H and O–H groups in total. The van der Waals surface area contributed by atoms with Crippen LogP contribution in [0.1, 0.15) is 30.0 Å². The Hall–Kier alpha value is -2.82. The third-order valence-electron chi connectivity index (χ3n) is 4.25. The van der Waals surface area contributed by atoms with E-state index in [-0.39, 0.29) is 12.1 Å². The van der Waals surface area contributed by atoms with Crippen LogP contribution >= 0.6 is 0 Å². The number of carbonyl (C=O) groups excluding carboxylic acids is 1. The van der Waals surface area contributed by atoms with E-state index in [4.69, 9.17) is 14.2 Å². The largest absolute Gasteiger partial charge is 0.496 e. The van der Waals surface area contributed by atoms with Crippen LogP contribution < -0.4 is 9.47 Å². The van der Waals surface area contributed by atoms with Crippen LogP contribution in [0, 0.1) is 0 Å². The van der Waals surface area contributed by atoms with E-state index in [2.05, 4.69) is 4.98 Å². The first kappa shape index (κ1) is 18.0. The third-order valence-corrected chi connectivity index (χ3v) is 4.25. The van der Waals surface area contributed by atoms with E-state index in [1.165, 1.54) is 11.6 Å². The van der Waals surface area contributed by atoms with Gasteiger partial charge in [0.25, 0.3) is 0 Å². The highest BCUT2D eigenvalue weighted by molar-refractivity contribution is 5.87. The van der Waals surface area contributed by atoms with Gasteiger partial charge in [-0.25, -0.2) is 4.79 Å². The normalized spacial score (nSPS) is 15.5. The van der Waals surface area contributed by atoms with Crippen molar-refractivity contribution in [3.8, 4) is 11.5 Å². The number of ether oxygens (including phenoxy) is 3. The molecule has 2 heterocycles. The molecule has 0 saturated heterocycles. The monoisotopic (exact) mass is 353 g/mol. The summed E-state index contributed by atoms with van der Waals surface area (Å²) in [6.45, 7) is 2.42. The minimum Gasteiger partial charge on any atom is -0.496 e. The summed E-state index contributed by atoms with van der Waals surface area (Å²) < 4.78 is 16.4. The molecule has 0 amide bonds. The molecule has 1 aliphatic rings. The zero-order chi connectivity index (χ0) is 18.4. The number of fused-ring (bicyclic) bond motifs is 1. The highest BCUT2D eigenvalue weighted by Gasteiger charge is 2.21. The van der Waals surface area contributed by atoms with E-state index in [1.54, 1.807) is 25.6 Å². The maximum atomic E-state index is 11.9. The van der Waals surface area contributed by atoms with Crippen molar-refractivity contribution < 1.29 is 19.0 Å². The van der Waals surface area contributed by atoms with Crippen molar-refractivity contribution in [1.29, 1.82) is 0 Å². The Morgan fingerprint density at radius 2 is 2.15 bits per heavy atom. The number of carbonyl (C=O) groups is 1. The molecule has 136 valence electrons. The van der Waals surface area contributed by atoms with E-state index in [1.807, 2.05) is 31.2 Å². The second-order valence-corrected chi connectivity index (χ2v) is 6.29. The van der Waals surface area contributed by atoms with Crippen molar-refractivity contribution in [2.24, 2.45) is 0 Å². The number of aromatic nitrogens is 1. The number of methoxy groups -OCH3 is 1. The van der Waals surface area contributed by atoms with Gasteiger partial charge in [-0.1, -0.05) is 0 Å². The number of rotatable bonds is 7. The first-order valence-corrected chi connectivity index (χ1v) is 8.77. The van der Waals surface area contributed by atoms with Crippen molar-refractivity contribution in [3.63, 3.8) is 0 Å². The summed E-state index contributed by atoms with van der Waals surface area (Å²) in [6, 6.07) is 7.80. The molecule has 1 aromatic heterocycles. The minimum absolute atomic E-state index is 0.166. The van der Waals surface area contributed by atoms with Gasteiger partial charge in [-0.3, -0.25) is 4.98 Å². The number of hydrogen-bond donors (Lipinski definition) is 0. The molecule has 5 heteroatoms. The average Bonchev–Trinajstić information content (AvgIpc) is 3.02. The first-order chi connectivity index (χ1) is 12.7. The minimum atomic E-state index is -0.364. The van der Waals surface area contributed by atoms with Gasteiger partial charge >= 0.3 is 5.97 Å². The molecular weight excluding hydrogens is 330 g/mol. The molecule has 0 fully saturated rings. The molecule has 2 aromatic rings. The molecule has 0 saturated carbocycles. The highest BCUT2D eigenvalue weighted by atomic mass is 16.5. The fourth-order valence-corrected chi connectivity index (χ4v) is 2.97. The topological polar surface area (TPSA) is 57.7 Å². The number of pyridine rings is 1. The lowest BCUT2D eigenvalue weighted by Gasteiger charge is -2.08. The van der Waals surface area contributed by atoms with E-state index in [9.17, 15) is 4.79 Å². The maximum absolute atomic E-state index is 11.9. The van der Waals surface area contributed by atoms with Gasteiger partial charge in [-0.2, -0.15) is 0 Å². The van der Waals surface area contributed by atoms with E-state index in [0.29, 0.717) is 6.61 Å². The van der Waals surface area contributed by atoms with Crippen LogP contribution in [0.3, 0.4) is 0 Å². The van der Waals surface area contributed by atoms with Gasteiger partial charge in [-0.15, -0.1) is 0 Å². The number of hydrogen-bond acceptors (Lipinski definition) is 5. The van der Waals surface area contributed by atoms with Crippen LogP contribution in [0.5, 0.6) is 11.5 Å². The molecule has 1 atom stereocenters. The molecule has 5 nitrogen and oxygen atoms in total. The van der Waals surface area contributed by atoms with Crippen LogP contribution in [-0.4, -0.2) is 30.8 Å². The molecule has 26 heavy (non-hydrogen) atoms. The van der Waals surface area contributed by atoms with Gasteiger partial charge in [0.05, 0.1) is 13.7 Å². The maximum Gasteiger partial charge on any atom is 0.330 e. The second kappa shape index (κ2) is 8.52. The number of benzene rings is 1. The van der Waals surface area contributed by atoms with E-state index in [0.717, 1.165) is 41.9 Å². The average molecular weight is 353 g/mol. The number of aryl methyl sites for hydroxylation is 1. The SMILES string of the molecule is COc1cc2c(cc1/C=C/C(=O)OCCCc1ccncc1)OC(C)C2. The molecule has 0 aliphatic carbocycles. The van der Waals surface area contributed by atoms with Gasteiger partial charge < -0.3 is 14.2 Å². The van der Waals surface area contributed by atoms with Crippen molar-refractivity contribution in [1.82, 2.24) is 4.98 Å². The van der Waals surface area contributed by atoms with Gasteiger partial charge in [0.15, 0.2) is 0 Å². The van der Waals surface area contributed by atoms with Gasteiger partial charge in [0.1, 0.15) is 17.6 Å². The molecule has 1 aromatic carbocycles. The van der Waals surface area contributed by atoms with Crippen molar-refractivity contribution in [2.75, 3.05) is 13.7 Å². The zero-order valence-electron chi connectivity index (χ0n) is 15.1. The van der Waals surface area contributed by atoms with Crippen molar-refractivity contribution in [2.45, 2.75) is 32.3 Å². The van der Waals surface area contributed by atoms with Crippen LogP contribution in [0.25, 0.3) is 6.08 Å². The van der Waals surface area contributed by atoms with Crippen LogP contribution in [0.15, 0.2) is 42.7 Å². The van der Waals surface area contributed by atoms with Gasteiger partial charge in [-0.05, 0) is 55.7 Å². The molecule has 0 bridgehead atoms. The fraction of sp³-hybridized carbons (Fsp3) is 0.333. The van der Waals surface area contributed by atoms with E-state index < -0.39 is 0 Å². The Labute approximate surface area is 153 Å². The quantitative estimate of drug-likeness (QED) is 0.432. The molecular formula is C21H23NO4. The smallest absolute Gasteiger partial charge is 0.330 e. The van der Waals surface area contributed by atoms with Gasteiger partial charge in [0.2, 0.25) is 0 Å². The predicted molar refractivity (Wildman–Crippen MR) is 99.3 cm³/mol. The Morgan fingerprint density at radius 1 is 1.35 bits per heavy atom. The predicted octanol–water partition coefficient (Wildman–Crippen LogP) is 3.60. The Balaban J connectivity index is 1.52. The van der Waals surface area contributed by atoms with E-state index >= 15 is 0 Å².